The number of hydrogen-bond acceptors (Lipinski definition) is 4. The summed E-state index contributed by atoms with van der Waals surface area (Å²) >= 11 is 2.98. The van der Waals surface area contributed by atoms with Crippen LogP contribution in [0.25, 0.3) is 0 Å². The van der Waals surface area contributed by atoms with E-state index in [-0.39, 0.29) is 26.2 Å². The molecule has 0 aliphatic rings. The maximum atomic E-state index is 14.0. The van der Waals surface area contributed by atoms with E-state index in [9.17, 15) is 49.1 Å². The molecular weight excluding hydrogens is 593 g/mol. The fourth-order valence-corrected chi connectivity index (χ4v) is 3.47. The number of rotatable bonds is 6. The molecule has 0 aliphatic heterocycles. The molecule has 37 heavy (non-hydrogen) atoms. The lowest BCUT2D eigenvalue weighted by molar-refractivity contribution is -0.292. The molecule has 2 aromatic heterocycles. The summed E-state index contributed by atoms with van der Waals surface area (Å²) in [4.78, 5) is 28.2. The van der Waals surface area contributed by atoms with Crippen molar-refractivity contribution in [2.45, 2.75) is 18.3 Å². The molecule has 0 unspecified atom stereocenters. The lowest BCUT2D eigenvalue weighted by atomic mass is 10.1. The Labute approximate surface area is 209 Å². The molecule has 0 radical (unpaired) electrons. The summed E-state index contributed by atoms with van der Waals surface area (Å²) in [6, 6.07) is 6.33. The van der Waals surface area contributed by atoms with Gasteiger partial charge in [0, 0.05) is 17.2 Å². The van der Waals surface area contributed by atoms with Gasteiger partial charge in [-0.3, -0.25) is 19.2 Å². The van der Waals surface area contributed by atoms with Gasteiger partial charge in [0.25, 0.3) is 5.91 Å². The van der Waals surface area contributed by atoms with Gasteiger partial charge in [0.15, 0.2) is 11.5 Å². The molecule has 0 fully saturated rings. The summed E-state index contributed by atoms with van der Waals surface area (Å²) < 4.78 is 121. The predicted octanol–water partition coefficient (Wildman–Crippen LogP) is 5.94. The smallest absolute Gasteiger partial charge is 0.321 e. The average molecular weight is 604 g/mol. The Balaban J connectivity index is 2.15. The lowest BCUT2D eigenvalue weighted by Crippen LogP contribution is -2.36. The second-order valence-electron chi connectivity index (χ2n) is 7.18. The molecule has 3 aromatic rings. The third-order valence-electron chi connectivity index (χ3n) is 4.68. The third kappa shape index (κ3) is 5.40. The highest BCUT2D eigenvalue weighted by Gasteiger charge is 2.64. The molecule has 0 aliphatic carbocycles. The Morgan fingerprint density at radius 3 is 2.14 bits per heavy atom. The zero-order valence-corrected chi connectivity index (χ0v) is 19.5. The van der Waals surface area contributed by atoms with Crippen molar-refractivity contribution in [1.82, 2.24) is 14.8 Å². The SMILES string of the molecule is Cn1nc(C(F)(F)C(F)(F)F)c(C(F)(F)F)c1N(C=O)c1ccc(Br)c(C(=O)Nc2ccc(F)cc2)n1. The first kappa shape index (κ1) is 27.9. The number of amides is 2. The van der Waals surface area contributed by atoms with Gasteiger partial charge >= 0.3 is 18.3 Å². The topological polar surface area (TPSA) is 80.1 Å². The molecule has 17 heteroatoms. The summed E-state index contributed by atoms with van der Waals surface area (Å²) in [5.41, 5.74) is -5.65. The fourth-order valence-electron chi connectivity index (χ4n) is 3.07. The standard InChI is InChI=1S/C20H11BrF9N5O2/c1-34-17(13(19(25,26)27)15(33-34)18(23,24)20(28,29)30)35(8-36)12-7-6-11(21)14(32-12)16(37)31-10-4-2-9(22)3-5-10/h2-8H,1H3,(H,31,37). The van der Waals surface area contributed by atoms with Crippen molar-refractivity contribution in [2.75, 3.05) is 10.2 Å². The van der Waals surface area contributed by atoms with Gasteiger partial charge in [-0.1, -0.05) is 0 Å². The van der Waals surface area contributed by atoms with E-state index in [1.807, 2.05) is 0 Å². The second kappa shape index (κ2) is 9.68. The Bertz CT molecular complexity index is 1340. The van der Waals surface area contributed by atoms with Gasteiger partial charge in [0.1, 0.15) is 22.9 Å². The van der Waals surface area contributed by atoms with Gasteiger partial charge in [0.2, 0.25) is 6.41 Å². The van der Waals surface area contributed by atoms with Crippen LogP contribution in [0.4, 0.5) is 56.8 Å². The van der Waals surface area contributed by atoms with Crippen molar-refractivity contribution in [3.8, 4) is 0 Å². The van der Waals surface area contributed by atoms with Crippen LogP contribution in [0.1, 0.15) is 21.7 Å². The number of aryl methyl sites for hydroxylation is 1. The lowest BCUT2D eigenvalue weighted by Gasteiger charge is -2.22. The van der Waals surface area contributed by atoms with Crippen molar-refractivity contribution in [2.24, 2.45) is 7.05 Å². The number of nitrogens with one attached hydrogen (secondary N) is 1. The number of carbonyl (C=O) groups is 2. The molecule has 1 N–H and O–H groups in total. The van der Waals surface area contributed by atoms with Gasteiger partial charge in [-0.05, 0) is 52.3 Å². The quantitative estimate of drug-likeness (QED) is 0.279. The van der Waals surface area contributed by atoms with E-state index in [2.05, 4.69) is 31.3 Å². The van der Waals surface area contributed by atoms with Gasteiger partial charge in [-0.25, -0.2) is 9.37 Å². The zero-order chi connectivity index (χ0) is 27.9. The molecule has 7 nitrogen and oxygen atoms in total. The van der Waals surface area contributed by atoms with E-state index in [0.29, 0.717) is 7.05 Å². The molecule has 198 valence electrons. The zero-order valence-electron chi connectivity index (χ0n) is 17.9. The van der Waals surface area contributed by atoms with Crippen molar-refractivity contribution in [1.29, 1.82) is 0 Å². The first-order chi connectivity index (χ1) is 17.0. The minimum absolute atomic E-state index is 0.00684. The maximum absolute atomic E-state index is 14.0. The van der Waals surface area contributed by atoms with Crippen LogP contribution in [-0.2, 0) is 23.9 Å². The first-order valence-corrected chi connectivity index (χ1v) is 10.4. The van der Waals surface area contributed by atoms with Gasteiger partial charge in [0.05, 0.1) is 0 Å². The minimum atomic E-state index is -6.44. The number of hydrogen-bond donors (Lipinski definition) is 1. The normalized spacial score (nSPS) is 12.4. The van der Waals surface area contributed by atoms with E-state index in [4.69, 9.17) is 0 Å². The van der Waals surface area contributed by atoms with Gasteiger partial charge in [-0.2, -0.15) is 40.2 Å². The fraction of sp³-hybridized carbons (Fsp3) is 0.200. The largest absolute Gasteiger partial charge is 0.459 e. The number of alkyl halides is 8. The first-order valence-electron chi connectivity index (χ1n) is 9.56. The van der Waals surface area contributed by atoms with Crippen LogP contribution < -0.4 is 10.2 Å². The summed E-state index contributed by atoms with van der Waals surface area (Å²) in [5, 5.41) is 5.04. The number of anilines is 3. The molecule has 2 amide bonds. The molecular formula is C20H11BrF9N5O2. The molecule has 2 heterocycles. The van der Waals surface area contributed by atoms with Crippen molar-refractivity contribution in [3.05, 3.63) is 63.6 Å². The predicted molar refractivity (Wildman–Crippen MR) is 113 cm³/mol. The third-order valence-corrected chi connectivity index (χ3v) is 5.32. The number of carbonyl (C=O) groups excluding carboxylic acids is 2. The van der Waals surface area contributed by atoms with Gasteiger partial charge < -0.3 is 5.32 Å². The van der Waals surface area contributed by atoms with Crippen LogP contribution in [-0.4, -0.2) is 33.3 Å². The molecule has 0 bridgehead atoms. The van der Waals surface area contributed by atoms with Crippen LogP contribution in [0, 0.1) is 5.82 Å². The Hall–Kier alpha value is -3.63. The highest BCUT2D eigenvalue weighted by atomic mass is 79.9. The van der Waals surface area contributed by atoms with E-state index in [0.717, 1.165) is 24.3 Å². The maximum Gasteiger partial charge on any atom is 0.459 e. The number of nitrogens with zero attached hydrogens (tertiary/aromatic N) is 4. The molecule has 3 rings (SSSR count). The minimum Gasteiger partial charge on any atom is -0.321 e. The van der Waals surface area contributed by atoms with E-state index in [1.165, 1.54) is 12.1 Å². The van der Waals surface area contributed by atoms with Gasteiger partial charge in [-0.15, -0.1) is 0 Å². The summed E-state index contributed by atoms with van der Waals surface area (Å²) in [6.07, 6.45) is -12.6. The number of pyridine rings is 1. The molecule has 0 spiro atoms. The van der Waals surface area contributed by atoms with Crippen LogP contribution in [0.2, 0.25) is 0 Å². The van der Waals surface area contributed by atoms with Crippen molar-refractivity contribution < 1.29 is 49.1 Å². The van der Waals surface area contributed by atoms with Crippen LogP contribution in [0.3, 0.4) is 0 Å². The molecule has 0 saturated carbocycles. The highest BCUT2D eigenvalue weighted by molar-refractivity contribution is 9.10. The Morgan fingerprint density at radius 1 is 1.03 bits per heavy atom. The van der Waals surface area contributed by atoms with Crippen molar-refractivity contribution >= 4 is 45.6 Å². The Kier molecular flexibility index (Phi) is 7.31. The van der Waals surface area contributed by atoms with Crippen LogP contribution in [0.5, 0.6) is 0 Å². The average Bonchev–Trinajstić information content (AvgIpc) is 3.14. The molecule has 0 saturated heterocycles. The summed E-state index contributed by atoms with van der Waals surface area (Å²) in [5.74, 6) is -9.90. The summed E-state index contributed by atoms with van der Waals surface area (Å²) in [7, 11) is 0.609. The second-order valence-corrected chi connectivity index (χ2v) is 8.03. The number of halogens is 10. The summed E-state index contributed by atoms with van der Waals surface area (Å²) in [6.45, 7) is 0. The number of benzene rings is 1. The van der Waals surface area contributed by atoms with Crippen LogP contribution >= 0.6 is 15.9 Å². The molecule has 0 atom stereocenters. The van der Waals surface area contributed by atoms with E-state index in [1.54, 1.807) is 0 Å². The Morgan fingerprint density at radius 2 is 1.62 bits per heavy atom. The monoisotopic (exact) mass is 603 g/mol. The number of aromatic nitrogens is 3. The van der Waals surface area contributed by atoms with E-state index >= 15 is 0 Å². The highest BCUT2D eigenvalue weighted by Crippen LogP contribution is 2.50. The van der Waals surface area contributed by atoms with Crippen molar-refractivity contribution in [3.63, 3.8) is 0 Å². The van der Waals surface area contributed by atoms with Crippen LogP contribution in [0.15, 0.2) is 40.9 Å². The molecule has 1 aromatic carbocycles. The van der Waals surface area contributed by atoms with E-state index < -0.39 is 58.6 Å².